The molecule has 3 aromatic carbocycles. The van der Waals surface area contributed by atoms with Crippen LogP contribution in [-0.4, -0.2) is 76.6 Å². The van der Waals surface area contributed by atoms with Crippen molar-refractivity contribution < 1.29 is 31.8 Å². The van der Waals surface area contributed by atoms with Gasteiger partial charge in [0.25, 0.3) is 0 Å². The van der Waals surface area contributed by atoms with Crippen LogP contribution in [0.1, 0.15) is 43.4 Å². The molecule has 2 N–H and O–H groups in total. The van der Waals surface area contributed by atoms with Crippen molar-refractivity contribution in [3.05, 3.63) is 53.0 Å². The second kappa shape index (κ2) is 11.0. The predicted molar refractivity (Wildman–Crippen MR) is 177 cm³/mol. The van der Waals surface area contributed by atoms with E-state index in [0.29, 0.717) is 48.4 Å². The van der Waals surface area contributed by atoms with Crippen molar-refractivity contribution in [2.75, 3.05) is 37.7 Å². The number of aromatic nitrogens is 2. The van der Waals surface area contributed by atoms with Crippen LogP contribution in [0.25, 0.3) is 43.8 Å². The van der Waals surface area contributed by atoms with Gasteiger partial charge in [-0.05, 0) is 63.4 Å². The number of phenols is 1. The molecular weight excluding hydrogens is 638 g/mol. The highest BCUT2D eigenvalue weighted by atomic mass is 19.1. The molecule has 6 heterocycles. The molecule has 5 aromatic rings. The summed E-state index contributed by atoms with van der Waals surface area (Å²) in [7, 11) is 0. The Bertz CT molecular complexity index is 2240. The van der Waals surface area contributed by atoms with E-state index in [1.165, 1.54) is 0 Å². The van der Waals surface area contributed by atoms with Crippen LogP contribution in [-0.2, 0) is 0 Å². The zero-order valence-electron chi connectivity index (χ0n) is 26.8. The molecular formula is C37H33F4N5O3. The van der Waals surface area contributed by atoms with Crippen molar-refractivity contribution in [2.45, 2.75) is 62.8 Å². The Morgan fingerprint density at radius 3 is 2.65 bits per heavy atom. The summed E-state index contributed by atoms with van der Waals surface area (Å²) >= 11 is 0. The van der Waals surface area contributed by atoms with E-state index in [-0.39, 0.29) is 63.3 Å². The average Bonchev–Trinajstić information content (AvgIpc) is 3.83. The number of anilines is 1. The quantitative estimate of drug-likeness (QED) is 0.162. The number of phenolic OH excluding ortho intramolecular Hbond substituents is 1. The van der Waals surface area contributed by atoms with Gasteiger partial charge in [0.05, 0.1) is 22.1 Å². The molecule has 2 bridgehead atoms. The molecule has 2 aromatic heterocycles. The van der Waals surface area contributed by atoms with Gasteiger partial charge in [0, 0.05) is 59.9 Å². The van der Waals surface area contributed by atoms with Crippen LogP contribution in [0.4, 0.5) is 23.4 Å². The van der Waals surface area contributed by atoms with Crippen molar-refractivity contribution in [1.82, 2.24) is 20.2 Å². The number of nitrogens with zero attached hydrogens (tertiary/aromatic N) is 4. The number of benzene rings is 3. The van der Waals surface area contributed by atoms with Crippen LogP contribution in [0, 0.1) is 36.7 Å². The van der Waals surface area contributed by atoms with Gasteiger partial charge >= 0.3 is 6.01 Å². The lowest BCUT2D eigenvalue weighted by molar-refractivity contribution is 0.107. The van der Waals surface area contributed by atoms with Crippen molar-refractivity contribution in [1.29, 1.82) is 0 Å². The van der Waals surface area contributed by atoms with E-state index in [9.17, 15) is 9.50 Å². The van der Waals surface area contributed by atoms with Gasteiger partial charge in [-0.15, -0.1) is 6.42 Å². The lowest BCUT2D eigenvalue weighted by atomic mass is 9.91. The first-order valence-electron chi connectivity index (χ1n) is 16.7. The van der Waals surface area contributed by atoms with E-state index in [2.05, 4.69) is 26.0 Å². The number of aromatic hydroxyl groups is 1. The second-order valence-electron chi connectivity index (χ2n) is 14.0. The van der Waals surface area contributed by atoms with E-state index >= 15 is 13.2 Å². The molecule has 0 aliphatic carbocycles. The van der Waals surface area contributed by atoms with Crippen molar-refractivity contribution in [3.63, 3.8) is 0 Å². The maximum atomic E-state index is 17.5. The van der Waals surface area contributed by atoms with E-state index in [1.807, 2.05) is 0 Å². The molecule has 0 spiro atoms. The number of hydrogen-bond donors (Lipinski definition) is 2. The number of fused-ring (bicyclic) bond motifs is 7. The van der Waals surface area contributed by atoms with Crippen LogP contribution < -0.4 is 15.0 Å². The number of hydrogen-bond acceptors (Lipinski definition) is 8. The zero-order chi connectivity index (χ0) is 33.8. The first-order chi connectivity index (χ1) is 23.6. The summed E-state index contributed by atoms with van der Waals surface area (Å²) in [6.45, 7) is 4.26. The number of ether oxygens (including phenoxy) is 1. The van der Waals surface area contributed by atoms with Gasteiger partial charge in [0.15, 0.2) is 17.4 Å². The number of piperazine rings is 1. The Labute approximate surface area is 279 Å². The summed E-state index contributed by atoms with van der Waals surface area (Å²) < 4.78 is 74.9. The molecule has 0 saturated carbocycles. The predicted octanol–water partition coefficient (Wildman–Crippen LogP) is 6.50. The fourth-order valence-corrected chi connectivity index (χ4v) is 8.88. The lowest BCUT2D eigenvalue weighted by Crippen LogP contribution is -2.51. The fraction of sp³-hybridized carbons (Fsp3) is 0.405. The van der Waals surface area contributed by atoms with Crippen LogP contribution >= 0.6 is 0 Å². The molecule has 4 atom stereocenters. The maximum Gasteiger partial charge on any atom is 0.319 e. The molecule has 4 aliphatic rings. The van der Waals surface area contributed by atoms with Gasteiger partial charge in [-0.2, -0.15) is 9.97 Å². The molecule has 4 fully saturated rings. The minimum absolute atomic E-state index is 0.0523. The number of rotatable bonds is 5. The first kappa shape index (κ1) is 30.5. The second-order valence-corrected chi connectivity index (χ2v) is 14.0. The molecule has 2 unspecified atom stereocenters. The molecule has 12 heteroatoms. The SMILES string of the molecule is C#Cc1c(F)ccc2c(F)c(O)cc(-c3c(F)c4nc(OC[C@@]56CCCN5C[C@H](F)C6)nc(N5CC6CCC(C5)N6)c4c4cc(C)oc34)c12. The third-order valence-electron chi connectivity index (χ3n) is 11.0. The van der Waals surface area contributed by atoms with Gasteiger partial charge < -0.3 is 24.5 Å². The smallest absolute Gasteiger partial charge is 0.319 e. The largest absolute Gasteiger partial charge is 0.505 e. The summed E-state index contributed by atoms with van der Waals surface area (Å²) in [5.41, 5.74) is -0.968. The molecule has 4 aliphatic heterocycles. The number of aryl methyl sites for hydroxylation is 1. The van der Waals surface area contributed by atoms with Gasteiger partial charge in [-0.1, -0.05) is 5.92 Å². The summed E-state index contributed by atoms with van der Waals surface area (Å²) in [5, 5.41) is 14.9. The van der Waals surface area contributed by atoms with Gasteiger partial charge in [0.2, 0.25) is 0 Å². The lowest BCUT2D eigenvalue weighted by Gasteiger charge is -2.35. The van der Waals surface area contributed by atoms with Crippen LogP contribution in [0.5, 0.6) is 11.8 Å². The Kier molecular flexibility index (Phi) is 6.81. The van der Waals surface area contributed by atoms with Gasteiger partial charge in [0.1, 0.15) is 41.3 Å². The molecule has 0 radical (unpaired) electrons. The topological polar surface area (TPSA) is 86.9 Å². The number of alkyl halides is 1. The highest BCUT2D eigenvalue weighted by Crippen LogP contribution is 2.47. The monoisotopic (exact) mass is 671 g/mol. The van der Waals surface area contributed by atoms with Crippen molar-refractivity contribution in [3.8, 4) is 35.2 Å². The molecule has 9 rings (SSSR count). The van der Waals surface area contributed by atoms with E-state index in [1.54, 1.807) is 13.0 Å². The van der Waals surface area contributed by atoms with E-state index < -0.39 is 34.9 Å². The third-order valence-corrected chi connectivity index (χ3v) is 11.0. The summed E-state index contributed by atoms with van der Waals surface area (Å²) in [6, 6.07) is 5.38. The van der Waals surface area contributed by atoms with Crippen molar-refractivity contribution in [2.24, 2.45) is 0 Å². The van der Waals surface area contributed by atoms with Crippen molar-refractivity contribution >= 4 is 38.5 Å². The highest BCUT2D eigenvalue weighted by Gasteiger charge is 2.49. The Hall–Kier alpha value is -4.60. The van der Waals surface area contributed by atoms with Crippen LogP contribution in [0.15, 0.2) is 28.7 Å². The fourth-order valence-electron chi connectivity index (χ4n) is 8.88. The number of nitrogens with one attached hydrogen (secondary N) is 1. The Morgan fingerprint density at radius 1 is 1.08 bits per heavy atom. The average molecular weight is 672 g/mol. The summed E-state index contributed by atoms with van der Waals surface area (Å²) in [5.74, 6) is -0.219. The van der Waals surface area contributed by atoms with E-state index in [4.69, 9.17) is 20.6 Å². The van der Waals surface area contributed by atoms with E-state index in [0.717, 1.165) is 50.4 Å². The standard InChI is InChI=1S/C37H33F4N5O3/c1-3-22-26(39)8-7-23-28(22)24(12-27(47)31(23)40)29-32(41)33-30(25-11-18(2)49-34(25)29)35(45-15-20-5-6-21(16-45)42-20)44-36(43-33)48-17-37-9-4-10-46(37)14-19(38)13-37/h1,7-8,11-12,19-21,42,47H,4-6,9-10,13-17H2,2H3/t19-,20?,21?,37+/m1/s1. The minimum Gasteiger partial charge on any atom is -0.505 e. The highest BCUT2D eigenvalue weighted by molar-refractivity contribution is 6.18. The number of terminal acetylenes is 1. The Morgan fingerprint density at radius 2 is 1.88 bits per heavy atom. The molecule has 8 nitrogen and oxygen atoms in total. The molecule has 0 amide bonds. The third kappa shape index (κ3) is 4.58. The summed E-state index contributed by atoms with van der Waals surface area (Å²) in [4.78, 5) is 13.8. The van der Waals surface area contributed by atoms with Gasteiger partial charge in [-0.3, -0.25) is 4.90 Å². The first-order valence-corrected chi connectivity index (χ1v) is 16.7. The zero-order valence-corrected chi connectivity index (χ0v) is 26.8. The van der Waals surface area contributed by atoms with Crippen LogP contribution in [0.2, 0.25) is 0 Å². The minimum atomic E-state index is -1.01. The number of furan rings is 1. The number of halogens is 4. The normalized spacial score (nSPS) is 25.1. The molecule has 252 valence electrons. The summed E-state index contributed by atoms with van der Waals surface area (Å²) in [6.07, 6.45) is 8.81. The molecule has 49 heavy (non-hydrogen) atoms. The molecule has 4 saturated heterocycles. The Balaban J connectivity index is 1.31. The van der Waals surface area contributed by atoms with Gasteiger partial charge in [-0.25, -0.2) is 17.6 Å². The maximum absolute atomic E-state index is 17.5. The van der Waals surface area contributed by atoms with Crippen LogP contribution in [0.3, 0.4) is 0 Å².